The molecular weight excluding hydrogens is 242 g/mol. The van der Waals surface area contributed by atoms with Crippen LogP contribution in [0.5, 0.6) is 0 Å². The van der Waals surface area contributed by atoms with Crippen LogP contribution in [-0.4, -0.2) is 37.9 Å². The number of carbonyl (C=O) groups is 1. The van der Waals surface area contributed by atoms with Crippen LogP contribution in [0.1, 0.15) is 27.9 Å². The third-order valence-electron chi connectivity index (χ3n) is 2.40. The van der Waals surface area contributed by atoms with E-state index in [-0.39, 0.29) is 12.5 Å². The van der Waals surface area contributed by atoms with Crippen LogP contribution in [0.4, 0.5) is 0 Å². The van der Waals surface area contributed by atoms with Crippen LogP contribution >= 0.6 is 0 Å². The summed E-state index contributed by atoms with van der Waals surface area (Å²) in [6.07, 6.45) is 0.434. The first-order valence-corrected chi connectivity index (χ1v) is 6.16. The summed E-state index contributed by atoms with van der Waals surface area (Å²) in [6, 6.07) is 5.48. The highest BCUT2D eigenvalue weighted by Crippen LogP contribution is 2.09. The van der Waals surface area contributed by atoms with Gasteiger partial charge >= 0.3 is 0 Å². The minimum atomic E-state index is -0.133. The number of methoxy groups -OCH3 is 1. The standard InChI is InChI=1S/C15H19NO3/c1-12-9-13(5-3-4-7-17)11-14(10-12)15(18)16-6-8-19-2/h9-11,17H,4,6-8H2,1-2H3,(H,16,18). The number of nitrogens with one attached hydrogen (secondary N) is 1. The molecule has 1 aromatic rings. The minimum Gasteiger partial charge on any atom is -0.395 e. The van der Waals surface area contributed by atoms with E-state index >= 15 is 0 Å². The van der Waals surface area contributed by atoms with E-state index < -0.39 is 0 Å². The fraction of sp³-hybridized carbons (Fsp3) is 0.400. The molecule has 0 unspecified atom stereocenters. The fourth-order valence-corrected chi connectivity index (χ4v) is 1.58. The lowest BCUT2D eigenvalue weighted by Crippen LogP contribution is -2.27. The third-order valence-corrected chi connectivity index (χ3v) is 2.40. The Balaban J connectivity index is 2.79. The van der Waals surface area contributed by atoms with Crippen molar-refractivity contribution in [2.24, 2.45) is 0 Å². The summed E-state index contributed by atoms with van der Waals surface area (Å²) in [5.74, 6) is 5.65. The van der Waals surface area contributed by atoms with E-state index in [1.54, 1.807) is 13.2 Å². The molecule has 19 heavy (non-hydrogen) atoms. The molecule has 0 saturated carbocycles. The van der Waals surface area contributed by atoms with Crippen molar-refractivity contribution in [3.8, 4) is 11.8 Å². The van der Waals surface area contributed by atoms with E-state index in [4.69, 9.17) is 9.84 Å². The monoisotopic (exact) mass is 261 g/mol. The predicted molar refractivity (Wildman–Crippen MR) is 74.0 cm³/mol. The fourth-order valence-electron chi connectivity index (χ4n) is 1.58. The van der Waals surface area contributed by atoms with E-state index in [0.29, 0.717) is 25.1 Å². The van der Waals surface area contributed by atoms with Crippen molar-refractivity contribution in [1.29, 1.82) is 0 Å². The van der Waals surface area contributed by atoms with Gasteiger partial charge in [-0.25, -0.2) is 0 Å². The lowest BCUT2D eigenvalue weighted by Gasteiger charge is -2.06. The highest BCUT2D eigenvalue weighted by molar-refractivity contribution is 5.94. The molecule has 102 valence electrons. The van der Waals surface area contributed by atoms with E-state index in [2.05, 4.69) is 17.2 Å². The quantitative estimate of drug-likeness (QED) is 0.616. The van der Waals surface area contributed by atoms with Gasteiger partial charge in [0.2, 0.25) is 0 Å². The van der Waals surface area contributed by atoms with Gasteiger partial charge in [0.25, 0.3) is 5.91 Å². The average Bonchev–Trinajstić information content (AvgIpc) is 2.38. The Hall–Kier alpha value is -1.83. The van der Waals surface area contributed by atoms with Gasteiger partial charge in [-0.05, 0) is 30.7 Å². The average molecular weight is 261 g/mol. The SMILES string of the molecule is COCCNC(=O)c1cc(C)cc(C#CCCO)c1. The number of carbonyl (C=O) groups excluding carboxylic acids is 1. The summed E-state index contributed by atoms with van der Waals surface area (Å²) >= 11 is 0. The Morgan fingerprint density at radius 2 is 2.21 bits per heavy atom. The molecule has 0 aliphatic heterocycles. The van der Waals surface area contributed by atoms with Crippen LogP contribution in [0.3, 0.4) is 0 Å². The molecule has 0 heterocycles. The largest absolute Gasteiger partial charge is 0.395 e. The second-order valence-electron chi connectivity index (χ2n) is 4.11. The van der Waals surface area contributed by atoms with Crippen molar-refractivity contribution in [2.45, 2.75) is 13.3 Å². The Labute approximate surface area is 113 Å². The zero-order valence-corrected chi connectivity index (χ0v) is 11.3. The molecule has 0 saturated heterocycles. The molecule has 0 aliphatic carbocycles. The van der Waals surface area contributed by atoms with Crippen molar-refractivity contribution >= 4 is 5.91 Å². The van der Waals surface area contributed by atoms with Gasteiger partial charge in [-0.2, -0.15) is 0 Å². The maximum atomic E-state index is 11.9. The maximum absolute atomic E-state index is 11.9. The highest BCUT2D eigenvalue weighted by atomic mass is 16.5. The van der Waals surface area contributed by atoms with E-state index in [1.807, 2.05) is 19.1 Å². The third kappa shape index (κ3) is 5.56. The minimum absolute atomic E-state index is 0.0448. The maximum Gasteiger partial charge on any atom is 0.251 e. The Kier molecular flexibility index (Phi) is 6.65. The van der Waals surface area contributed by atoms with Gasteiger partial charge in [-0.1, -0.05) is 11.8 Å². The number of aryl methyl sites for hydroxylation is 1. The molecule has 0 spiro atoms. The summed E-state index contributed by atoms with van der Waals surface area (Å²) in [7, 11) is 1.59. The highest BCUT2D eigenvalue weighted by Gasteiger charge is 2.06. The molecular formula is C15H19NO3. The number of benzene rings is 1. The van der Waals surface area contributed by atoms with Crippen molar-refractivity contribution in [3.63, 3.8) is 0 Å². The lowest BCUT2D eigenvalue weighted by atomic mass is 10.1. The van der Waals surface area contributed by atoms with Gasteiger partial charge in [0.15, 0.2) is 0 Å². The van der Waals surface area contributed by atoms with Gasteiger partial charge in [-0.3, -0.25) is 4.79 Å². The number of aliphatic hydroxyl groups excluding tert-OH is 1. The van der Waals surface area contributed by atoms with Gasteiger partial charge in [0, 0.05) is 31.2 Å². The Morgan fingerprint density at radius 3 is 2.89 bits per heavy atom. The van der Waals surface area contributed by atoms with Gasteiger partial charge in [0.1, 0.15) is 0 Å². The van der Waals surface area contributed by atoms with E-state index in [9.17, 15) is 4.79 Å². The molecule has 0 atom stereocenters. The summed E-state index contributed by atoms with van der Waals surface area (Å²) < 4.78 is 4.88. The molecule has 1 rings (SSSR count). The summed E-state index contributed by atoms with van der Waals surface area (Å²) in [5, 5.41) is 11.5. The smallest absolute Gasteiger partial charge is 0.251 e. The molecule has 4 heteroatoms. The number of rotatable bonds is 5. The zero-order chi connectivity index (χ0) is 14.1. The molecule has 0 radical (unpaired) electrons. The van der Waals surface area contributed by atoms with Crippen molar-refractivity contribution in [3.05, 3.63) is 34.9 Å². The molecule has 0 fully saturated rings. The molecule has 0 aromatic heterocycles. The number of amides is 1. The number of hydrogen-bond donors (Lipinski definition) is 2. The molecule has 0 bridgehead atoms. The number of ether oxygens (including phenoxy) is 1. The lowest BCUT2D eigenvalue weighted by molar-refractivity contribution is 0.0937. The second kappa shape index (κ2) is 8.30. The van der Waals surface area contributed by atoms with Crippen LogP contribution in [0, 0.1) is 18.8 Å². The number of hydrogen-bond acceptors (Lipinski definition) is 3. The van der Waals surface area contributed by atoms with Gasteiger partial charge < -0.3 is 15.2 Å². The van der Waals surface area contributed by atoms with Crippen LogP contribution in [0.15, 0.2) is 18.2 Å². The molecule has 2 N–H and O–H groups in total. The summed E-state index contributed by atoms with van der Waals surface area (Å²) in [6.45, 7) is 2.93. The van der Waals surface area contributed by atoms with Crippen LogP contribution in [0.25, 0.3) is 0 Å². The van der Waals surface area contributed by atoms with E-state index in [0.717, 1.165) is 11.1 Å². The van der Waals surface area contributed by atoms with Crippen LogP contribution in [0.2, 0.25) is 0 Å². The van der Waals surface area contributed by atoms with E-state index in [1.165, 1.54) is 0 Å². The first-order chi connectivity index (χ1) is 9.17. The van der Waals surface area contributed by atoms with Crippen LogP contribution in [-0.2, 0) is 4.74 Å². The second-order valence-corrected chi connectivity index (χ2v) is 4.11. The Morgan fingerprint density at radius 1 is 1.42 bits per heavy atom. The summed E-state index contributed by atoms with van der Waals surface area (Å²) in [5.41, 5.74) is 2.35. The molecule has 1 amide bonds. The summed E-state index contributed by atoms with van der Waals surface area (Å²) in [4.78, 5) is 11.9. The first-order valence-electron chi connectivity index (χ1n) is 6.16. The first kappa shape index (κ1) is 15.2. The molecule has 1 aromatic carbocycles. The van der Waals surface area contributed by atoms with Crippen molar-refractivity contribution < 1.29 is 14.6 Å². The normalized spacial score (nSPS) is 9.63. The van der Waals surface area contributed by atoms with Crippen molar-refractivity contribution in [2.75, 3.05) is 26.9 Å². The number of aliphatic hydroxyl groups is 1. The van der Waals surface area contributed by atoms with Gasteiger partial charge in [-0.15, -0.1) is 0 Å². The van der Waals surface area contributed by atoms with Crippen LogP contribution < -0.4 is 5.32 Å². The topological polar surface area (TPSA) is 58.6 Å². The molecule has 0 aliphatic rings. The Bertz CT molecular complexity index is 486. The van der Waals surface area contributed by atoms with Gasteiger partial charge in [0.05, 0.1) is 13.2 Å². The zero-order valence-electron chi connectivity index (χ0n) is 11.3. The van der Waals surface area contributed by atoms with Crippen molar-refractivity contribution in [1.82, 2.24) is 5.32 Å². The predicted octanol–water partition coefficient (Wildman–Crippen LogP) is 1.11. The molecule has 4 nitrogen and oxygen atoms in total.